The molecular weight excluding hydrogens is 188 g/mol. The average Bonchev–Trinajstić information content (AvgIpc) is 2.52. The monoisotopic (exact) mass is 194 g/mol. The van der Waals surface area contributed by atoms with Crippen molar-refractivity contribution in [3.05, 3.63) is 21.9 Å². The molecule has 1 aromatic rings. The van der Waals surface area contributed by atoms with Crippen LogP contribution in [-0.4, -0.2) is 12.2 Å². The lowest BCUT2D eigenvalue weighted by molar-refractivity contribution is -0.140. The summed E-state index contributed by atoms with van der Waals surface area (Å²) >= 11 is 1.36. The van der Waals surface area contributed by atoms with Gasteiger partial charge in [-0.25, -0.2) is 4.79 Å². The van der Waals surface area contributed by atoms with Crippen molar-refractivity contribution in [2.45, 2.75) is 6.92 Å². The summed E-state index contributed by atoms with van der Waals surface area (Å²) in [5, 5.41) is 13.6. The molecule has 0 N–H and O–H groups in total. The van der Waals surface area contributed by atoms with E-state index in [-0.39, 0.29) is 0 Å². The third kappa shape index (κ3) is 3.05. The molecule has 0 atom stereocenters. The topological polar surface area (TPSA) is 62.4 Å². The molecule has 4 nitrogen and oxygen atoms in total. The van der Waals surface area contributed by atoms with Crippen LogP contribution in [0.4, 0.5) is 0 Å². The Balaban J connectivity index is 2.60. The number of thiophene rings is 1. The van der Waals surface area contributed by atoms with E-state index < -0.39 is 5.97 Å². The number of carbonyl (C=O) groups is 1. The average molecular weight is 194 g/mol. The van der Waals surface area contributed by atoms with Gasteiger partial charge in [-0.3, -0.25) is 0 Å². The van der Waals surface area contributed by atoms with Crippen molar-refractivity contribution in [2.75, 3.05) is 0 Å². The second-order valence-corrected chi connectivity index (χ2v) is 3.11. The number of nitrogens with zero attached hydrogens (tertiary/aromatic N) is 2. The predicted molar refractivity (Wildman–Crippen MR) is 48.4 cm³/mol. The van der Waals surface area contributed by atoms with Gasteiger partial charge in [0.25, 0.3) is 0 Å². The first-order chi connectivity index (χ1) is 6.22. The number of hydrogen-bond acceptors (Lipinski definition) is 5. The summed E-state index contributed by atoms with van der Waals surface area (Å²) in [5.41, 5.74) is 0.578. The highest BCUT2D eigenvalue weighted by Gasteiger charge is 1.95. The van der Waals surface area contributed by atoms with Gasteiger partial charge in [0.05, 0.1) is 16.7 Å². The zero-order valence-electron chi connectivity index (χ0n) is 6.85. The fourth-order valence-corrected chi connectivity index (χ4v) is 1.31. The maximum absolute atomic E-state index is 10.3. The fraction of sp³-hybridized carbons (Fsp3) is 0.125. The fourth-order valence-electron chi connectivity index (χ4n) is 0.632. The summed E-state index contributed by atoms with van der Waals surface area (Å²) < 4.78 is 0. The number of nitriles is 1. The SMILES string of the molecule is CC(=O)ON=Cc1cc(C#N)cs1. The van der Waals surface area contributed by atoms with Gasteiger partial charge in [0.15, 0.2) is 0 Å². The van der Waals surface area contributed by atoms with Crippen LogP contribution in [0.25, 0.3) is 0 Å². The lowest BCUT2D eigenvalue weighted by Gasteiger charge is -1.86. The number of oxime groups is 1. The summed E-state index contributed by atoms with van der Waals surface area (Å²) in [6.45, 7) is 1.27. The minimum absolute atomic E-state index is 0.465. The molecule has 1 aromatic heterocycles. The van der Waals surface area contributed by atoms with Crippen molar-refractivity contribution in [1.82, 2.24) is 0 Å². The van der Waals surface area contributed by atoms with Crippen molar-refractivity contribution in [3.63, 3.8) is 0 Å². The molecule has 0 unspecified atom stereocenters. The first kappa shape index (κ1) is 9.42. The third-order valence-corrected chi connectivity index (χ3v) is 1.98. The van der Waals surface area contributed by atoms with Gasteiger partial charge in [-0.05, 0) is 6.07 Å². The normalized spacial score (nSPS) is 9.85. The number of rotatable bonds is 2. The van der Waals surface area contributed by atoms with Crippen LogP contribution in [0.15, 0.2) is 16.6 Å². The number of hydrogen-bond donors (Lipinski definition) is 0. The van der Waals surface area contributed by atoms with Crippen LogP contribution in [0.2, 0.25) is 0 Å². The van der Waals surface area contributed by atoms with Crippen LogP contribution in [0.3, 0.4) is 0 Å². The zero-order valence-corrected chi connectivity index (χ0v) is 7.67. The Morgan fingerprint density at radius 3 is 3.15 bits per heavy atom. The molecule has 0 saturated heterocycles. The lowest BCUT2D eigenvalue weighted by Crippen LogP contribution is -1.90. The molecule has 0 aliphatic heterocycles. The summed E-state index contributed by atoms with van der Waals surface area (Å²) in [6, 6.07) is 3.65. The van der Waals surface area contributed by atoms with Gasteiger partial charge in [-0.1, -0.05) is 5.16 Å². The van der Waals surface area contributed by atoms with Gasteiger partial charge >= 0.3 is 5.97 Å². The quantitative estimate of drug-likeness (QED) is 0.407. The van der Waals surface area contributed by atoms with Crippen LogP contribution in [0.5, 0.6) is 0 Å². The van der Waals surface area contributed by atoms with E-state index in [1.165, 1.54) is 24.5 Å². The second kappa shape index (κ2) is 4.38. The van der Waals surface area contributed by atoms with E-state index in [9.17, 15) is 4.79 Å². The minimum Gasteiger partial charge on any atom is -0.319 e. The van der Waals surface area contributed by atoms with Gasteiger partial charge in [0.1, 0.15) is 6.07 Å². The smallest absolute Gasteiger partial charge is 0.319 e. The summed E-state index contributed by atoms with van der Waals surface area (Å²) in [6.07, 6.45) is 1.40. The Morgan fingerprint density at radius 2 is 2.62 bits per heavy atom. The van der Waals surface area contributed by atoms with E-state index in [2.05, 4.69) is 9.99 Å². The van der Waals surface area contributed by atoms with Crippen LogP contribution < -0.4 is 0 Å². The molecule has 0 saturated carbocycles. The van der Waals surface area contributed by atoms with Gasteiger partial charge in [0.2, 0.25) is 0 Å². The Kier molecular flexibility index (Phi) is 3.17. The molecule has 0 radical (unpaired) electrons. The van der Waals surface area contributed by atoms with Crippen LogP contribution in [0, 0.1) is 11.3 Å². The Hall–Kier alpha value is -1.67. The molecule has 0 spiro atoms. The van der Waals surface area contributed by atoms with Gasteiger partial charge in [-0.2, -0.15) is 5.26 Å². The first-order valence-corrected chi connectivity index (χ1v) is 4.30. The summed E-state index contributed by atoms with van der Waals surface area (Å²) in [4.78, 5) is 15.4. The Bertz CT molecular complexity index is 376. The highest BCUT2D eigenvalue weighted by Crippen LogP contribution is 2.11. The Labute approximate surface area is 79.0 Å². The second-order valence-electron chi connectivity index (χ2n) is 2.17. The molecular formula is C8H6N2O2S. The van der Waals surface area contributed by atoms with Crippen molar-refractivity contribution in [3.8, 4) is 6.07 Å². The lowest BCUT2D eigenvalue weighted by atomic mass is 10.3. The van der Waals surface area contributed by atoms with Crippen LogP contribution in [-0.2, 0) is 9.63 Å². The van der Waals surface area contributed by atoms with Crippen molar-refractivity contribution in [2.24, 2.45) is 5.16 Å². The highest BCUT2D eigenvalue weighted by atomic mass is 32.1. The number of carbonyl (C=O) groups excluding carboxylic acids is 1. The molecule has 1 rings (SSSR count). The largest absolute Gasteiger partial charge is 0.331 e. The van der Waals surface area contributed by atoms with Gasteiger partial charge < -0.3 is 4.84 Å². The molecule has 0 fully saturated rings. The van der Waals surface area contributed by atoms with E-state index in [0.29, 0.717) is 5.56 Å². The standard InChI is InChI=1S/C8H6N2O2S/c1-6(11)12-10-4-8-2-7(3-9)5-13-8/h2,4-5H,1H3. The van der Waals surface area contributed by atoms with E-state index >= 15 is 0 Å². The Morgan fingerprint density at radius 1 is 1.85 bits per heavy atom. The van der Waals surface area contributed by atoms with Gasteiger partial charge in [0, 0.05) is 12.3 Å². The van der Waals surface area contributed by atoms with Crippen molar-refractivity contribution < 1.29 is 9.63 Å². The summed E-state index contributed by atoms with van der Waals surface area (Å²) in [7, 11) is 0. The molecule has 5 heteroatoms. The highest BCUT2D eigenvalue weighted by molar-refractivity contribution is 7.11. The molecule has 0 aromatic carbocycles. The molecule has 0 bridgehead atoms. The molecule has 0 amide bonds. The molecule has 1 heterocycles. The third-order valence-electron chi connectivity index (χ3n) is 1.11. The summed E-state index contributed by atoms with van der Waals surface area (Å²) in [5.74, 6) is -0.465. The zero-order chi connectivity index (χ0) is 9.68. The van der Waals surface area contributed by atoms with E-state index in [1.807, 2.05) is 6.07 Å². The molecule has 13 heavy (non-hydrogen) atoms. The molecule has 0 aliphatic carbocycles. The van der Waals surface area contributed by atoms with Crippen LogP contribution in [0.1, 0.15) is 17.4 Å². The van der Waals surface area contributed by atoms with Crippen LogP contribution >= 0.6 is 11.3 Å². The van der Waals surface area contributed by atoms with Gasteiger partial charge in [-0.15, -0.1) is 11.3 Å². The maximum atomic E-state index is 10.3. The van der Waals surface area contributed by atoms with Crippen molar-refractivity contribution in [1.29, 1.82) is 5.26 Å². The van der Waals surface area contributed by atoms with E-state index in [4.69, 9.17) is 5.26 Å². The molecule has 0 aliphatic rings. The molecule has 66 valence electrons. The van der Waals surface area contributed by atoms with E-state index in [0.717, 1.165) is 4.88 Å². The predicted octanol–water partition coefficient (Wildman–Crippen LogP) is 1.52. The van der Waals surface area contributed by atoms with Crippen molar-refractivity contribution >= 4 is 23.5 Å². The maximum Gasteiger partial charge on any atom is 0.331 e. The first-order valence-electron chi connectivity index (χ1n) is 3.42. The minimum atomic E-state index is -0.465. The van der Waals surface area contributed by atoms with E-state index in [1.54, 1.807) is 11.4 Å².